The lowest BCUT2D eigenvalue weighted by molar-refractivity contribution is -0.137. The van der Waals surface area contributed by atoms with Gasteiger partial charge in [-0.05, 0) is 0 Å². The summed E-state index contributed by atoms with van der Waals surface area (Å²) in [5.41, 5.74) is 0.435. The third kappa shape index (κ3) is 2.16. The molecule has 0 bridgehead atoms. The molecule has 0 saturated heterocycles. The van der Waals surface area contributed by atoms with Crippen LogP contribution in [0.15, 0.2) is 17.2 Å². The summed E-state index contributed by atoms with van der Waals surface area (Å²) < 4.78 is 6.95. The maximum Gasteiger partial charge on any atom is 0.352 e. The highest BCUT2D eigenvalue weighted by molar-refractivity contribution is 5.66. The van der Waals surface area contributed by atoms with E-state index in [1.807, 2.05) is 0 Å². The predicted molar refractivity (Wildman–Crippen MR) is 55.6 cm³/mol. The van der Waals surface area contributed by atoms with Crippen LogP contribution < -0.4 is 5.69 Å². The molecule has 0 atom stereocenters. The molecule has 0 saturated carbocycles. The molecule has 8 nitrogen and oxygen atoms in total. The monoisotopic (exact) mass is 238 g/mol. The number of aromatic nitrogens is 4. The van der Waals surface area contributed by atoms with Gasteiger partial charge >= 0.3 is 11.7 Å². The van der Waals surface area contributed by atoms with Crippen molar-refractivity contribution >= 4 is 11.6 Å². The number of methoxy groups -OCH3 is 1. The number of ether oxygens (including phenoxy) is 1. The number of carboxylic acids is 1. The third-order valence-corrected chi connectivity index (χ3v) is 2.11. The van der Waals surface area contributed by atoms with Crippen molar-refractivity contribution in [3.05, 3.63) is 28.6 Å². The van der Waals surface area contributed by atoms with Crippen molar-refractivity contribution in [1.82, 2.24) is 19.2 Å². The Labute approximate surface area is 95.1 Å². The van der Waals surface area contributed by atoms with Crippen LogP contribution in [0, 0.1) is 0 Å². The highest BCUT2D eigenvalue weighted by Gasteiger charge is 2.10. The van der Waals surface area contributed by atoms with Gasteiger partial charge in [0.15, 0.2) is 5.65 Å². The van der Waals surface area contributed by atoms with Crippen molar-refractivity contribution in [3.8, 4) is 0 Å². The second kappa shape index (κ2) is 4.34. The van der Waals surface area contributed by atoms with E-state index in [4.69, 9.17) is 9.84 Å². The van der Waals surface area contributed by atoms with Crippen molar-refractivity contribution in [2.75, 3.05) is 7.11 Å². The fourth-order valence-corrected chi connectivity index (χ4v) is 1.42. The van der Waals surface area contributed by atoms with E-state index < -0.39 is 18.2 Å². The molecule has 2 rings (SSSR count). The van der Waals surface area contributed by atoms with Crippen LogP contribution >= 0.6 is 0 Å². The predicted octanol–water partition coefficient (Wildman–Crippen LogP) is -0.878. The molecule has 0 spiro atoms. The first-order chi connectivity index (χ1) is 8.11. The van der Waals surface area contributed by atoms with E-state index >= 15 is 0 Å². The van der Waals surface area contributed by atoms with Gasteiger partial charge in [-0.25, -0.2) is 18.9 Å². The Hall–Kier alpha value is -2.22. The van der Waals surface area contributed by atoms with E-state index in [0.717, 1.165) is 4.68 Å². The number of nitrogens with zero attached hydrogens (tertiary/aromatic N) is 4. The summed E-state index contributed by atoms with van der Waals surface area (Å²) in [4.78, 5) is 26.2. The molecule has 2 heterocycles. The topological polar surface area (TPSA) is 98.7 Å². The number of carboxylic acid groups (broad SMARTS) is 1. The molecule has 0 aliphatic rings. The molecule has 0 unspecified atom stereocenters. The quantitative estimate of drug-likeness (QED) is 0.742. The fourth-order valence-electron chi connectivity index (χ4n) is 1.42. The molecular weight excluding hydrogens is 228 g/mol. The van der Waals surface area contributed by atoms with Gasteiger partial charge in [0.2, 0.25) is 0 Å². The molecule has 17 heavy (non-hydrogen) atoms. The maximum atomic E-state index is 11.7. The minimum atomic E-state index is -1.12. The first kappa shape index (κ1) is 11.3. The number of rotatable bonds is 4. The van der Waals surface area contributed by atoms with Gasteiger partial charge < -0.3 is 9.84 Å². The smallest absolute Gasteiger partial charge is 0.352 e. The summed E-state index contributed by atoms with van der Waals surface area (Å²) in [6.07, 6.45) is 1.30. The highest BCUT2D eigenvalue weighted by Crippen LogP contribution is 2.00. The molecule has 0 radical (unpaired) electrons. The number of aliphatic carboxylic acids is 1. The Morgan fingerprint density at radius 1 is 1.59 bits per heavy atom. The Bertz CT molecular complexity index is 615. The average molecular weight is 238 g/mol. The van der Waals surface area contributed by atoms with Crippen molar-refractivity contribution in [2.45, 2.75) is 13.2 Å². The molecule has 2 aromatic rings. The van der Waals surface area contributed by atoms with E-state index in [2.05, 4.69) is 10.1 Å². The van der Waals surface area contributed by atoms with Crippen LogP contribution in [0.3, 0.4) is 0 Å². The summed E-state index contributed by atoms with van der Waals surface area (Å²) in [6, 6.07) is 1.57. The lowest BCUT2D eigenvalue weighted by Gasteiger charge is -1.97. The highest BCUT2D eigenvalue weighted by atomic mass is 16.5. The van der Waals surface area contributed by atoms with Gasteiger partial charge in [-0.2, -0.15) is 0 Å². The zero-order valence-electron chi connectivity index (χ0n) is 9.03. The van der Waals surface area contributed by atoms with Gasteiger partial charge in [-0.3, -0.25) is 4.79 Å². The van der Waals surface area contributed by atoms with Crippen LogP contribution in [-0.2, 0) is 22.7 Å². The largest absolute Gasteiger partial charge is 0.480 e. The summed E-state index contributed by atoms with van der Waals surface area (Å²) >= 11 is 0. The van der Waals surface area contributed by atoms with Gasteiger partial charge in [0.05, 0.1) is 12.3 Å². The van der Waals surface area contributed by atoms with Gasteiger partial charge in [0.25, 0.3) is 0 Å². The molecule has 1 N–H and O–H groups in total. The van der Waals surface area contributed by atoms with Crippen molar-refractivity contribution in [2.24, 2.45) is 0 Å². The lowest BCUT2D eigenvalue weighted by atomic mass is 10.4. The standard InChI is InChI=1S/C9H10N4O4/c1-17-4-6-2-7-11-13(3-8(14)15)9(16)12(7)5-10-6/h2,5H,3-4H2,1H3,(H,14,15). The van der Waals surface area contributed by atoms with Crippen LogP contribution in [0.5, 0.6) is 0 Å². The van der Waals surface area contributed by atoms with Gasteiger partial charge in [-0.1, -0.05) is 0 Å². The second-order valence-electron chi connectivity index (χ2n) is 3.38. The average Bonchev–Trinajstić information content (AvgIpc) is 2.55. The Morgan fingerprint density at radius 2 is 2.35 bits per heavy atom. The number of hydrogen-bond donors (Lipinski definition) is 1. The van der Waals surface area contributed by atoms with E-state index in [0.29, 0.717) is 17.9 Å². The second-order valence-corrected chi connectivity index (χ2v) is 3.38. The molecule has 0 aromatic carbocycles. The van der Waals surface area contributed by atoms with Gasteiger partial charge in [-0.15, -0.1) is 5.10 Å². The third-order valence-electron chi connectivity index (χ3n) is 2.11. The van der Waals surface area contributed by atoms with Crippen LogP contribution in [0.4, 0.5) is 0 Å². The summed E-state index contributed by atoms with van der Waals surface area (Å²) in [5.74, 6) is -1.12. The van der Waals surface area contributed by atoms with Gasteiger partial charge in [0, 0.05) is 13.2 Å². The van der Waals surface area contributed by atoms with Crippen molar-refractivity contribution in [3.63, 3.8) is 0 Å². The zero-order chi connectivity index (χ0) is 12.4. The van der Waals surface area contributed by atoms with Crippen LogP contribution in [0.25, 0.3) is 5.65 Å². The van der Waals surface area contributed by atoms with Crippen LogP contribution in [0.2, 0.25) is 0 Å². The summed E-state index contributed by atoms with van der Waals surface area (Å²) in [5, 5.41) is 12.5. The Morgan fingerprint density at radius 3 is 3.00 bits per heavy atom. The molecule has 90 valence electrons. The molecule has 0 amide bonds. The fraction of sp³-hybridized carbons (Fsp3) is 0.333. The van der Waals surface area contributed by atoms with Crippen molar-refractivity contribution in [1.29, 1.82) is 0 Å². The van der Waals surface area contributed by atoms with Crippen LogP contribution in [-0.4, -0.2) is 37.4 Å². The Kier molecular flexibility index (Phi) is 2.88. The molecule has 0 aliphatic carbocycles. The van der Waals surface area contributed by atoms with E-state index in [9.17, 15) is 9.59 Å². The summed E-state index contributed by atoms with van der Waals surface area (Å²) in [7, 11) is 1.53. The first-order valence-electron chi connectivity index (χ1n) is 4.76. The summed E-state index contributed by atoms with van der Waals surface area (Å²) in [6.45, 7) is -0.170. The molecule has 8 heteroatoms. The number of fused-ring (bicyclic) bond motifs is 1. The van der Waals surface area contributed by atoms with Crippen molar-refractivity contribution < 1.29 is 14.6 Å². The minimum Gasteiger partial charge on any atom is -0.480 e. The van der Waals surface area contributed by atoms with E-state index in [-0.39, 0.29) is 0 Å². The SMILES string of the molecule is COCc1cc2nn(CC(=O)O)c(=O)n2cn1. The molecular formula is C9H10N4O4. The lowest BCUT2D eigenvalue weighted by Crippen LogP contribution is -2.24. The van der Waals surface area contributed by atoms with Crippen LogP contribution in [0.1, 0.15) is 5.69 Å². The van der Waals surface area contributed by atoms with E-state index in [1.165, 1.54) is 17.8 Å². The van der Waals surface area contributed by atoms with E-state index in [1.54, 1.807) is 6.07 Å². The normalized spacial score (nSPS) is 10.9. The van der Waals surface area contributed by atoms with Gasteiger partial charge in [0.1, 0.15) is 12.9 Å². The zero-order valence-corrected chi connectivity index (χ0v) is 9.03. The Balaban J connectivity index is 2.49. The number of hydrogen-bond acceptors (Lipinski definition) is 5. The maximum absolute atomic E-state index is 11.7. The molecule has 0 fully saturated rings. The molecule has 2 aromatic heterocycles. The number of carbonyl (C=O) groups is 1. The minimum absolute atomic E-state index is 0.302. The molecule has 0 aliphatic heterocycles. The first-order valence-corrected chi connectivity index (χ1v) is 4.76.